The molecule has 0 unspecified atom stereocenters. The molecule has 0 radical (unpaired) electrons. The lowest BCUT2D eigenvalue weighted by Crippen LogP contribution is -2.12. The molecule has 3 nitrogen and oxygen atoms in total. The summed E-state index contributed by atoms with van der Waals surface area (Å²) in [7, 11) is 0. The number of aromatic nitrogens is 1. The Kier molecular flexibility index (Phi) is 4.58. The molecule has 98 valence electrons. The summed E-state index contributed by atoms with van der Waals surface area (Å²) in [6, 6.07) is 11.3. The predicted octanol–water partition coefficient (Wildman–Crippen LogP) is 3.51. The minimum absolute atomic E-state index is 0.0960. The van der Waals surface area contributed by atoms with E-state index in [2.05, 4.69) is 16.6 Å². The van der Waals surface area contributed by atoms with Gasteiger partial charge in [0.25, 0.3) is 5.91 Å². The summed E-state index contributed by atoms with van der Waals surface area (Å²) in [6.45, 7) is 1.90. The minimum atomic E-state index is -0.0960. The van der Waals surface area contributed by atoms with Crippen molar-refractivity contribution in [2.24, 2.45) is 0 Å². The SMILES string of the molecule is CSCc1ccc(C(=O)Nc2ccnc(C)c2)cc1. The first-order valence-electron chi connectivity index (χ1n) is 6.01. The Balaban J connectivity index is 2.07. The highest BCUT2D eigenvalue weighted by Gasteiger charge is 2.06. The molecule has 1 N–H and O–H groups in total. The molecule has 0 fully saturated rings. The number of nitrogens with zero attached hydrogens (tertiary/aromatic N) is 1. The maximum absolute atomic E-state index is 12.1. The average molecular weight is 272 g/mol. The smallest absolute Gasteiger partial charge is 0.255 e. The number of aryl methyl sites for hydroxylation is 1. The molecule has 1 aromatic carbocycles. The zero-order valence-electron chi connectivity index (χ0n) is 11.0. The van der Waals surface area contributed by atoms with E-state index in [0.717, 1.165) is 17.1 Å². The fourth-order valence-corrected chi connectivity index (χ4v) is 2.27. The molecular formula is C15H16N2OS. The van der Waals surface area contributed by atoms with Crippen LogP contribution >= 0.6 is 11.8 Å². The number of thioether (sulfide) groups is 1. The summed E-state index contributed by atoms with van der Waals surface area (Å²) in [6.07, 6.45) is 3.75. The molecule has 2 aromatic rings. The van der Waals surface area contributed by atoms with E-state index in [0.29, 0.717) is 5.56 Å². The van der Waals surface area contributed by atoms with E-state index in [1.165, 1.54) is 5.56 Å². The molecule has 1 amide bonds. The number of carbonyl (C=O) groups excluding carboxylic acids is 1. The van der Waals surface area contributed by atoms with E-state index in [4.69, 9.17) is 0 Å². The molecule has 0 saturated carbocycles. The van der Waals surface area contributed by atoms with Gasteiger partial charge in [0.1, 0.15) is 0 Å². The summed E-state index contributed by atoms with van der Waals surface area (Å²) < 4.78 is 0. The largest absolute Gasteiger partial charge is 0.322 e. The fraction of sp³-hybridized carbons (Fsp3) is 0.200. The second-order valence-corrected chi connectivity index (χ2v) is 5.14. The molecule has 0 aliphatic rings. The van der Waals surface area contributed by atoms with E-state index in [1.54, 1.807) is 24.0 Å². The third kappa shape index (κ3) is 3.83. The van der Waals surface area contributed by atoms with Crippen molar-refractivity contribution in [2.75, 3.05) is 11.6 Å². The molecule has 1 aromatic heterocycles. The number of rotatable bonds is 4. The van der Waals surface area contributed by atoms with Crippen LogP contribution in [0, 0.1) is 6.92 Å². The van der Waals surface area contributed by atoms with E-state index < -0.39 is 0 Å². The number of hydrogen-bond donors (Lipinski definition) is 1. The van der Waals surface area contributed by atoms with Gasteiger partial charge in [0, 0.05) is 28.9 Å². The van der Waals surface area contributed by atoms with Gasteiger partial charge in [-0.15, -0.1) is 0 Å². The predicted molar refractivity (Wildman–Crippen MR) is 80.6 cm³/mol. The summed E-state index contributed by atoms with van der Waals surface area (Å²) in [4.78, 5) is 16.2. The summed E-state index contributed by atoms with van der Waals surface area (Å²) in [5.41, 5.74) is 3.54. The summed E-state index contributed by atoms with van der Waals surface area (Å²) >= 11 is 1.77. The van der Waals surface area contributed by atoms with Crippen molar-refractivity contribution in [3.8, 4) is 0 Å². The maximum atomic E-state index is 12.1. The lowest BCUT2D eigenvalue weighted by molar-refractivity contribution is 0.102. The van der Waals surface area contributed by atoms with E-state index >= 15 is 0 Å². The maximum Gasteiger partial charge on any atom is 0.255 e. The number of amides is 1. The first-order valence-corrected chi connectivity index (χ1v) is 7.40. The average Bonchev–Trinajstić information content (AvgIpc) is 2.40. The molecule has 1 heterocycles. The van der Waals surface area contributed by atoms with Crippen molar-refractivity contribution < 1.29 is 4.79 Å². The Hall–Kier alpha value is -1.81. The molecular weight excluding hydrogens is 256 g/mol. The van der Waals surface area contributed by atoms with Gasteiger partial charge in [-0.25, -0.2) is 0 Å². The van der Waals surface area contributed by atoms with Gasteiger partial charge in [0.05, 0.1) is 0 Å². The number of benzene rings is 1. The number of hydrogen-bond acceptors (Lipinski definition) is 3. The molecule has 0 bridgehead atoms. The first kappa shape index (κ1) is 13.6. The molecule has 0 saturated heterocycles. The number of nitrogens with one attached hydrogen (secondary N) is 1. The van der Waals surface area contributed by atoms with Crippen LogP contribution in [-0.4, -0.2) is 17.1 Å². The van der Waals surface area contributed by atoms with Crippen LogP contribution in [0.1, 0.15) is 21.6 Å². The van der Waals surface area contributed by atoms with Gasteiger partial charge in [-0.3, -0.25) is 9.78 Å². The van der Waals surface area contributed by atoms with Crippen LogP contribution in [0.15, 0.2) is 42.6 Å². The van der Waals surface area contributed by atoms with Crippen molar-refractivity contribution in [3.05, 3.63) is 59.4 Å². The van der Waals surface area contributed by atoms with Gasteiger partial charge in [-0.05, 0) is 43.0 Å². The van der Waals surface area contributed by atoms with Gasteiger partial charge in [0.15, 0.2) is 0 Å². The van der Waals surface area contributed by atoms with Crippen molar-refractivity contribution in [2.45, 2.75) is 12.7 Å². The topological polar surface area (TPSA) is 42.0 Å². The molecule has 19 heavy (non-hydrogen) atoms. The standard InChI is InChI=1S/C15H16N2OS/c1-11-9-14(7-8-16-11)17-15(18)13-5-3-12(4-6-13)10-19-2/h3-9H,10H2,1-2H3,(H,16,17,18). The monoisotopic (exact) mass is 272 g/mol. The fourth-order valence-electron chi connectivity index (χ4n) is 1.75. The lowest BCUT2D eigenvalue weighted by atomic mass is 10.1. The van der Waals surface area contributed by atoms with Crippen LogP contribution in [0.25, 0.3) is 0 Å². The van der Waals surface area contributed by atoms with Crippen molar-refractivity contribution >= 4 is 23.4 Å². The van der Waals surface area contributed by atoms with Crippen molar-refractivity contribution in [1.29, 1.82) is 0 Å². The summed E-state index contributed by atoms with van der Waals surface area (Å²) in [5, 5.41) is 2.87. The van der Waals surface area contributed by atoms with Crippen LogP contribution in [0.3, 0.4) is 0 Å². The lowest BCUT2D eigenvalue weighted by Gasteiger charge is -2.06. The quantitative estimate of drug-likeness (QED) is 0.926. The Morgan fingerprint density at radius 2 is 2.00 bits per heavy atom. The van der Waals surface area contributed by atoms with Crippen molar-refractivity contribution in [3.63, 3.8) is 0 Å². The number of anilines is 1. The van der Waals surface area contributed by atoms with E-state index in [9.17, 15) is 4.79 Å². The third-order valence-corrected chi connectivity index (χ3v) is 3.30. The number of pyridine rings is 1. The Labute approximate surface area is 117 Å². The highest BCUT2D eigenvalue weighted by Crippen LogP contribution is 2.13. The van der Waals surface area contributed by atoms with Crippen LogP contribution in [0.5, 0.6) is 0 Å². The van der Waals surface area contributed by atoms with Gasteiger partial charge in [0.2, 0.25) is 0 Å². The Morgan fingerprint density at radius 3 is 2.63 bits per heavy atom. The van der Waals surface area contributed by atoms with Gasteiger partial charge in [-0.2, -0.15) is 11.8 Å². The highest BCUT2D eigenvalue weighted by molar-refractivity contribution is 7.97. The van der Waals surface area contributed by atoms with Crippen LogP contribution in [-0.2, 0) is 5.75 Å². The van der Waals surface area contributed by atoms with E-state index in [-0.39, 0.29) is 5.91 Å². The van der Waals surface area contributed by atoms with Crippen LogP contribution in [0.4, 0.5) is 5.69 Å². The zero-order chi connectivity index (χ0) is 13.7. The Bertz CT molecular complexity index is 567. The molecule has 0 atom stereocenters. The summed E-state index contributed by atoms with van der Waals surface area (Å²) in [5.74, 6) is 0.868. The third-order valence-electron chi connectivity index (χ3n) is 2.68. The second-order valence-electron chi connectivity index (χ2n) is 4.27. The molecule has 0 aliphatic carbocycles. The zero-order valence-corrected chi connectivity index (χ0v) is 11.8. The second kappa shape index (κ2) is 6.38. The molecule has 0 spiro atoms. The van der Waals surface area contributed by atoms with Gasteiger partial charge in [-0.1, -0.05) is 12.1 Å². The minimum Gasteiger partial charge on any atom is -0.322 e. The van der Waals surface area contributed by atoms with Crippen LogP contribution < -0.4 is 5.32 Å². The van der Waals surface area contributed by atoms with E-state index in [1.807, 2.05) is 37.3 Å². The number of carbonyl (C=O) groups is 1. The first-order chi connectivity index (χ1) is 9.19. The van der Waals surface area contributed by atoms with Gasteiger partial charge >= 0.3 is 0 Å². The normalized spacial score (nSPS) is 10.2. The molecule has 0 aliphatic heterocycles. The molecule has 2 rings (SSSR count). The Morgan fingerprint density at radius 1 is 1.26 bits per heavy atom. The van der Waals surface area contributed by atoms with Gasteiger partial charge < -0.3 is 5.32 Å². The molecule has 4 heteroatoms. The van der Waals surface area contributed by atoms with Crippen molar-refractivity contribution in [1.82, 2.24) is 4.98 Å². The van der Waals surface area contributed by atoms with Crippen LogP contribution in [0.2, 0.25) is 0 Å². The highest BCUT2D eigenvalue weighted by atomic mass is 32.2.